The molecule has 1 aliphatic heterocycles. The minimum atomic E-state index is -4.45. The number of alkyl halides is 3. The van der Waals surface area contributed by atoms with Crippen molar-refractivity contribution in [2.45, 2.75) is 12.2 Å². The Bertz CT molecular complexity index is 867. The van der Waals surface area contributed by atoms with Crippen LogP contribution in [0, 0.1) is 0 Å². The van der Waals surface area contributed by atoms with Crippen molar-refractivity contribution in [1.29, 1.82) is 0 Å². The highest BCUT2D eigenvalue weighted by atomic mass is 19.4. The van der Waals surface area contributed by atoms with Crippen LogP contribution in [0.3, 0.4) is 0 Å². The molecule has 0 amide bonds. The van der Waals surface area contributed by atoms with Crippen LogP contribution in [-0.2, 0) is 11.0 Å². The van der Waals surface area contributed by atoms with E-state index < -0.39 is 17.8 Å². The van der Waals surface area contributed by atoms with Gasteiger partial charge in [-0.2, -0.15) is 13.2 Å². The zero-order valence-corrected chi connectivity index (χ0v) is 14.2. The number of carbonyl (C=O) groups excluding carboxylic acids is 1. The van der Waals surface area contributed by atoms with Gasteiger partial charge in [0.15, 0.2) is 0 Å². The third-order valence-electron chi connectivity index (χ3n) is 3.98. The molecular weight excluding hydrogens is 359 g/mol. The summed E-state index contributed by atoms with van der Waals surface area (Å²) in [5, 5.41) is 8.85. The number of halogens is 3. The van der Waals surface area contributed by atoms with E-state index in [0.29, 0.717) is 36.6 Å². The second-order valence-electron chi connectivity index (χ2n) is 5.89. The lowest BCUT2D eigenvalue weighted by Crippen LogP contribution is -2.23. The van der Waals surface area contributed by atoms with Crippen LogP contribution in [0.25, 0.3) is 6.08 Å². The molecule has 1 atom stereocenters. The third kappa shape index (κ3) is 4.20. The average Bonchev–Trinajstić information content (AvgIpc) is 2.65. The van der Waals surface area contributed by atoms with Crippen LogP contribution in [0.2, 0.25) is 0 Å². The zero-order chi connectivity index (χ0) is 19.4. The van der Waals surface area contributed by atoms with E-state index >= 15 is 0 Å². The van der Waals surface area contributed by atoms with E-state index in [9.17, 15) is 18.0 Å². The maximum Gasteiger partial charge on any atom is 0.416 e. The van der Waals surface area contributed by atoms with Gasteiger partial charge in [-0.1, -0.05) is 6.07 Å². The molecule has 1 aliphatic rings. The molecule has 2 heterocycles. The summed E-state index contributed by atoms with van der Waals surface area (Å²) in [6.45, 7) is 0.872. The number of nitrogens with zero attached hydrogens (tertiary/aromatic N) is 1. The van der Waals surface area contributed by atoms with E-state index in [1.54, 1.807) is 18.3 Å². The van der Waals surface area contributed by atoms with Crippen molar-refractivity contribution >= 4 is 29.7 Å². The van der Waals surface area contributed by atoms with Gasteiger partial charge in [0.2, 0.25) is 0 Å². The lowest BCUT2D eigenvalue weighted by atomic mass is 9.99. The Morgan fingerprint density at radius 3 is 2.81 bits per heavy atom. The largest absolute Gasteiger partial charge is 0.416 e. The van der Waals surface area contributed by atoms with Gasteiger partial charge in [-0.05, 0) is 42.1 Å². The summed E-state index contributed by atoms with van der Waals surface area (Å²) in [7, 11) is 0. The topological polar surface area (TPSA) is 92.1 Å². The summed E-state index contributed by atoms with van der Waals surface area (Å²) in [5.74, 6) is 0.796. The summed E-state index contributed by atoms with van der Waals surface area (Å²) in [6, 6.07) is 5.90. The highest BCUT2D eigenvalue weighted by Crippen LogP contribution is 2.34. The lowest BCUT2D eigenvalue weighted by Gasteiger charge is -2.23. The van der Waals surface area contributed by atoms with E-state index in [0.717, 1.165) is 17.7 Å². The SMILES string of the molecule is NCCNc1cc2c(c(Nc3cccc(C(F)(F)F)c3)n1)C(C=O)NC=C2. The van der Waals surface area contributed by atoms with Gasteiger partial charge in [-0.3, -0.25) is 0 Å². The van der Waals surface area contributed by atoms with Crippen molar-refractivity contribution in [2.24, 2.45) is 5.73 Å². The van der Waals surface area contributed by atoms with Crippen LogP contribution in [0.5, 0.6) is 0 Å². The third-order valence-corrected chi connectivity index (χ3v) is 3.98. The molecule has 1 unspecified atom stereocenters. The first kappa shape index (κ1) is 18.7. The van der Waals surface area contributed by atoms with Crippen molar-refractivity contribution in [2.75, 3.05) is 23.7 Å². The number of hydrogen-bond acceptors (Lipinski definition) is 6. The molecule has 142 valence electrons. The first-order valence-electron chi connectivity index (χ1n) is 8.23. The molecule has 1 aromatic carbocycles. The highest BCUT2D eigenvalue weighted by molar-refractivity contribution is 5.78. The first-order chi connectivity index (χ1) is 12.9. The fraction of sp³-hybridized carbons (Fsp3) is 0.222. The smallest absolute Gasteiger partial charge is 0.378 e. The van der Waals surface area contributed by atoms with E-state index in [2.05, 4.69) is 20.9 Å². The predicted molar refractivity (Wildman–Crippen MR) is 97.5 cm³/mol. The molecule has 3 rings (SSSR count). The highest BCUT2D eigenvalue weighted by Gasteiger charge is 2.30. The number of anilines is 3. The number of rotatable bonds is 6. The van der Waals surface area contributed by atoms with E-state index in [1.165, 1.54) is 12.1 Å². The second kappa shape index (κ2) is 7.67. The Morgan fingerprint density at radius 2 is 2.11 bits per heavy atom. The monoisotopic (exact) mass is 377 g/mol. The number of pyridine rings is 1. The molecule has 5 N–H and O–H groups in total. The molecular formula is C18H18F3N5O. The fourth-order valence-corrected chi connectivity index (χ4v) is 2.77. The molecule has 0 bridgehead atoms. The van der Waals surface area contributed by atoms with Gasteiger partial charge in [0, 0.05) is 24.3 Å². The Morgan fingerprint density at radius 1 is 1.30 bits per heavy atom. The van der Waals surface area contributed by atoms with E-state index in [4.69, 9.17) is 5.73 Å². The summed E-state index contributed by atoms with van der Waals surface area (Å²) in [4.78, 5) is 15.9. The van der Waals surface area contributed by atoms with E-state index in [1.807, 2.05) is 0 Å². The molecule has 27 heavy (non-hydrogen) atoms. The van der Waals surface area contributed by atoms with Crippen molar-refractivity contribution in [3.05, 3.63) is 53.2 Å². The number of benzene rings is 1. The summed E-state index contributed by atoms with van der Waals surface area (Å²) in [5.41, 5.74) is 6.23. The van der Waals surface area contributed by atoms with Crippen LogP contribution in [-0.4, -0.2) is 24.4 Å². The van der Waals surface area contributed by atoms with Crippen LogP contribution >= 0.6 is 0 Å². The first-order valence-corrected chi connectivity index (χ1v) is 8.23. The number of nitrogens with two attached hydrogens (primary N) is 1. The van der Waals surface area contributed by atoms with Crippen molar-refractivity contribution < 1.29 is 18.0 Å². The normalized spacial score (nSPS) is 15.6. The Kier molecular flexibility index (Phi) is 5.31. The van der Waals surface area contributed by atoms with Gasteiger partial charge in [-0.25, -0.2) is 4.98 Å². The summed E-state index contributed by atoms with van der Waals surface area (Å²) < 4.78 is 38.9. The predicted octanol–water partition coefficient (Wildman–Crippen LogP) is 3.03. The van der Waals surface area contributed by atoms with Crippen molar-refractivity contribution in [1.82, 2.24) is 10.3 Å². The molecule has 0 fully saturated rings. The van der Waals surface area contributed by atoms with Gasteiger partial charge in [0.25, 0.3) is 0 Å². The molecule has 1 aromatic heterocycles. The van der Waals surface area contributed by atoms with Crippen molar-refractivity contribution in [3.8, 4) is 0 Å². The average molecular weight is 377 g/mol. The fourth-order valence-electron chi connectivity index (χ4n) is 2.77. The number of carbonyl (C=O) groups is 1. The van der Waals surface area contributed by atoms with Crippen LogP contribution in [0.4, 0.5) is 30.5 Å². The van der Waals surface area contributed by atoms with Crippen LogP contribution in [0.15, 0.2) is 36.5 Å². The number of aromatic nitrogens is 1. The molecule has 6 nitrogen and oxygen atoms in total. The van der Waals surface area contributed by atoms with Gasteiger partial charge in [0.05, 0.1) is 5.56 Å². The standard InChI is InChI=1S/C18H18F3N5O/c19-18(20,21)12-2-1-3-13(9-12)25-17-16-11(4-6-23-14(16)10-27)8-15(26-17)24-7-5-22/h1-4,6,8-10,14,23H,5,7,22H2,(H2,24,25,26). The number of aldehydes is 1. The van der Waals surface area contributed by atoms with Gasteiger partial charge >= 0.3 is 6.18 Å². The zero-order valence-electron chi connectivity index (χ0n) is 14.2. The molecule has 0 spiro atoms. The Balaban J connectivity index is 2.03. The minimum absolute atomic E-state index is 0.217. The number of nitrogens with one attached hydrogen (secondary N) is 3. The maximum absolute atomic E-state index is 13.0. The lowest BCUT2D eigenvalue weighted by molar-refractivity contribution is -0.137. The number of fused-ring (bicyclic) bond motifs is 1. The molecule has 0 aliphatic carbocycles. The summed E-state index contributed by atoms with van der Waals surface area (Å²) in [6.07, 6.45) is -0.330. The molecule has 0 saturated heterocycles. The Hall–Kier alpha value is -3.07. The second-order valence-corrected chi connectivity index (χ2v) is 5.89. The quantitative estimate of drug-likeness (QED) is 0.579. The van der Waals surface area contributed by atoms with Gasteiger partial charge in [-0.15, -0.1) is 0 Å². The van der Waals surface area contributed by atoms with E-state index in [-0.39, 0.29) is 5.69 Å². The number of hydrogen-bond donors (Lipinski definition) is 4. The van der Waals surface area contributed by atoms with Crippen LogP contribution < -0.4 is 21.7 Å². The molecule has 2 aromatic rings. The minimum Gasteiger partial charge on any atom is -0.378 e. The van der Waals surface area contributed by atoms with Gasteiger partial charge in [0.1, 0.15) is 24.0 Å². The summed E-state index contributed by atoms with van der Waals surface area (Å²) >= 11 is 0. The van der Waals surface area contributed by atoms with Crippen molar-refractivity contribution in [3.63, 3.8) is 0 Å². The van der Waals surface area contributed by atoms with Gasteiger partial charge < -0.3 is 26.5 Å². The molecule has 9 heteroatoms. The Labute approximate surface area is 153 Å². The maximum atomic E-state index is 13.0. The van der Waals surface area contributed by atoms with Crippen LogP contribution in [0.1, 0.15) is 22.7 Å². The molecule has 0 saturated carbocycles. The molecule has 0 radical (unpaired) electrons.